The maximum atomic E-state index is 2.51. The third kappa shape index (κ3) is 1.86. The lowest BCUT2D eigenvalue weighted by atomic mass is 9.97. The van der Waals surface area contributed by atoms with Gasteiger partial charge in [0.1, 0.15) is 7.05 Å². The summed E-state index contributed by atoms with van der Waals surface area (Å²) in [5.74, 6) is 0. The number of fused-ring (bicyclic) bond motifs is 4. The molecule has 2 heteroatoms. The summed E-state index contributed by atoms with van der Waals surface area (Å²) in [7, 11) is 0.976. The molecule has 4 rings (SSSR count). The molecule has 0 atom stereocenters. The van der Waals surface area contributed by atoms with Gasteiger partial charge < -0.3 is 0 Å². The quantitative estimate of drug-likeness (QED) is 0.365. The first kappa shape index (κ1) is 14.0. The van der Waals surface area contributed by atoms with E-state index >= 15 is 0 Å². The second kappa shape index (κ2) is 4.66. The third-order valence-electron chi connectivity index (χ3n) is 5.58. The molecule has 0 amide bonds. The molecule has 1 aromatic heterocycles. The first-order valence-corrected chi connectivity index (χ1v) is 11.6. The molecular weight excluding hydrogens is 282 g/mol. The van der Waals surface area contributed by atoms with E-state index in [0.717, 1.165) is 6.42 Å². The molecular formula is C20H24NSi+. The molecule has 2 aromatic carbocycles. The molecule has 0 saturated carbocycles. The van der Waals surface area contributed by atoms with Crippen LogP contribution in [0, 0.1) is 0 Å². The second-order valence-electron chi connectivity index (χ2n) is 7.36. The Hall–Kier alpha value is -1.67. The normalized spacial score (nSPS) is 16.4. The number of pyridine rings is 1. The van der Waals surface area contributed by atoms with Crippen molar-refractivity contribution in [2.75, 3.05) is 0 Å². The van der Waals surface area contributed by atoms with Gasteiger partial charge >= 0.3 is 0 Å². The maximum absolute atomic E-state index is 2.51. The van der Waals surface area contributed by atoms with Crippen molar-refractivity contribution in [3.05, 3.63) is 47.8 Å². The molecule has 0 aliphatic carbocycles. The summed E-state index contributed by atoms with van der Waals surface area (Å²) >= 11 is 0. The van der Waals surface area contributed by atoms with Crippen LogP contribution in [-0.2, 0) is 19.9 Å². The molecule has 0 spiro atoms. The van der Waals surface area contributed by atoms with Gasteiger partial charge in [-0.15, -0.1) is 0 Å². The Morgan fingerprint density at radius 1 is 1.05 bits per heavy atom. The van der Waals surface area contributed by atoms with Crippen LogP contribution in [0.4, 0.5) is 0 Å². The summed E-state index contributed by atoms with van der Waals surface area (Å²) in [6.45, 7) is 7.28. The predicted molar refractivity (Wildman–Crippen MR) is 97.6 cm³/mol. The second-order valence-corrected chi connectivity index (χ2v) is 12.2. The molecule has 1 aliphatic heterocycles. The molecule has 0 fully saturated rings. The van der Waals surface area contributed by atoms with Gasteiger partial charge in [0.2, 0.25) is 0 Å². The Balaban J connectivity index is 2.09. The third-order valence-corrected chi connectivity index (χ3v) is 9.01. The summed E-state index contributed by atoms with van der Waals surface area (Å²) in [5.41, 5.74) is 3.07. The van der Waals surface area contributed by atoms with Crippen molar-refractivity contribution in [2.45, 2.75) is 38.9 Å². The number of hydrogen-bond donors (Lipinski definition) is 0. The Morgan fingerprint density at radius 2 is 1.77 bits per heavy atom. The zero-order chi connectivity index (χ0) is 15.5. The summed E-state index contributed by atoms with van der Waals surface area (Å²) in [4.78, 5) is 0. The standard InChI is InChI=1S/C20H24NSi/c1-5-19-18-13-14-6-7-20-16(9-11-22(20,3)4)17(14)12-15(18)8-10-21(19)2/h6-8,10,12-13H,5,9,11H2,1-4H3/q+1. The number of aryl methyl sites for hydroxylation is 3. The highest BCUT2D eigenvalue weighted by Crippen LogP contribution is 2.32. The Labute approximate surface area is 133 Å². The molecule has 3 aromatic rings. The minimum atomic E-state index is -1.18. The lowest BCUT2D eigenvalue weighted by molar-refractivity contribution is -0.677. The van der Waals surface area contributed by atoms with Gasteiger partial charge in [0, 0.05) is 17.9 Å². The molecule has 1 aliphatic rings. The summed E-state index contributed by atoms with van der Waals surface area (Å²) < 4.78 is 2.26. The summed E-state index contributed by atoms with van der Waals surface area (Å²) in [6, 6.07) is 13.3. The SMILES string of the molecule is CCc1c2cc3ccc4c(c3cc2cc[n+]1C)CC[Si]4(C)C. The van der Waals surface area contributed by atoms with Gasteiger partial charge in [-0.2, -0.15) is 0 Å². The van der Waals surface area contributed by atoms with Crippen molar-refractivity contribution in [3.63, 3.8) is 0 Å². The van der Waals surface area contributed by atoms with Crippen molar-refractivity contribution in [3.8, 4) is 0 Å². The van der Waals surface area contributed by atoms with Gasteiger partial charge in [0.05, 0.1) is 8.07 Å². The lowest BCUT2D eigenvalue weighted by Crippen LogP contribution is -2.37. The summed E-state index contributed by atoms with van der Waals surface area (Å²) in [5, 5.41) is 7.41. The molecule has 22 heavy (non-hydrogen) atoms. The van der Waals surface area contributed by atoms with Gasteiger partial charge in [0.25, 0.3) is 0 Å². The van der Waals surface area contributed by atoms with Gasteiger partial charge in [-0.3, -0.25) is 0 Å². The van der Waals surface area contributed by atoms with Gasteiger partial charge in [0.15, 0.2) is 11.9 Å². The topological polar surface area (TPSA) is 3.88 Å². The Kier molecular flexibility index (Phi) is 2.95. The monoisotopic (exact) mass is 306 g/mol. The van der Waals surface area contributed by atoms with E-state index in [9.17, 15) is 0 Å². The average molecular weight is 307 g/mol. The van der Waals surface area contributed by atoms with Crippen LogP contribution in [-0.4, -0.2) is 8.07 Å². The van der Waals surface area contributed by atoms with Crippen LogP contribution in [0.25, 0.3) is 21.5 Å². The Bertz CT molecular complexity index is 909. The molecule has 2 heterocycles. The number of benzene rings is 2. The van der Waals surface area contributed by atoms with Crippen molar-refractivity contribution in [2.24, 2.45) is 7.05 Å². The van der Waals surface area contributed by atoms with E-state index in [4.69, 9.17) is 0 Å². The number of aromatic nitrogens is 1. The van der Waals surface area contributed by atoms with Crippen LogP contribution in [0.1, 0.15) is 18.2 Å². The first-order valence-electron chi connectivity index (χ1n) is 8.38. The predicted octanol–water partition coefficient (Wildman–Crippen LogP) is 3.85. The van der Waals surface area contributed by atoms with E-state index in [0.29, 0.717) is 0 Å². The van der Waals surface area contributed by atoms with E-state index in [-0.39, 0.29) is 0 Å². The van der Waals surface area contributed by atoms with E-state index in [1.165, 1.54) is 39.7 Å². The van der Waals surface area contributed by atoms with Crippen molar-refractivity contribution in [1.29, 1.82) is 0 Å². The molecule has 0 saturated heterocycles. The number of nitrogens with zero attached hydrogens (tertiary/aromatic N) is 1. The minimum Gasteiger partial charge on any atom is -0.205 e. The molecule has 0 bridgehead atoms. The highest BCUT2D eigenvalue weighted by atomic mass is 28.3. The van der Waals surface area contributed by atoms with Crippen LogP contribution in [0.5, 0.6) is 0 Å². The van der Waals surface area contributed by atoms with Crippen molar-refractivity contribution < 1.29 is 4.57 Å². The average Bonchev–Trinajstić information content (AvgIpc) is 2.81. The fourth-order valence-corrected chi connectivity index (χ4v) is 6.98. The fourth-order valence-electron chi connectivity index (χ4n) is 4.23. The highest BCUT2D eigenvalue weighted by Gasteiger charge is 2.32. The number of hydrogen-bond acceptors (Lipinski definition) is 0. The van der Waals surface area contributed by atoms with Crippen molar-refractivity contribution in [1.82, 2.24) is 0 Å². The van der Waals surface area contributed by atoms with E-state index in [1.807, 2.05) is 0 Å². The molecule has 0 unspecified atom stereocenters. The van der Waals surface area contributed by atoms with E-state index < -0.39 is 8.07 Å². The number of rotatable bonds is 1. The first-order chi connectivity index (χ1) is 10.5. The minimum absolute atomic E-state index is 1.07. The van der Waals surface area contributed by atoms with Gasteiger partial charge in [-0.1, -0.05) is 37.3 Å². The maximum Gasteiger partial charge on any atom is 0.188 e. The van der Waals surface area contributed by atoms with Crippen LogP contribution in [0.15, 0.2) is 36.5 Å². The lowest BCUT2D eigenvalue weighted by Gasteiger charge is -2.17. The molecule has 0 N–H and O–H groups in total. The van der Waals surface area contributed by atoms with Crippen molar-refractivity contribution >= 4 is 34.8 Å². The van der Waals surface area contributed by atoms with E-state index in [1.54, 1.807) is 10.8 Å². The van der Waals surface area contributed by atoms with Crippen LogP contribution in [0.3, 0.4) is 0 Å². The van der Waals surface area contributed by atoms with E-state index in [2.05, 4.69) is 68.2 Å². The zero-order valence-corrected chi connectivity index (χ0v) is 15.0. The summed E-state index contributed by atoms with van der Waals surface area (Å²) in [6.07, 6.45) is 4.55. The van der Waals surface area contributed by atoms with Gasteiger partial charge in [-0.25, -0.2) is 4.57 Å². The largest absolute Gasteiger partial charge is 0.205 e. The molecule has 1 nitrogen and oxygen atoms in total. The highest BCUT2D eigenvalue weighted by molar-refractivity contribution is 6.91. The smallest absolute Gasteiger partial charge is 0.188 e. The Morgan fingerprint density at radius 3 is 2.55 bits per heavy atom. The van der Waals surface area contributed by atoms with Crippen LogP contribution >= 0.6 is 0 Å². The fraction of sp³-hybridized carbons (Fsp3) is 0.350. The molecule has 0 radical (unpaired) electrons. The van der Waals surface area contributed by atoms with Gasteiger partial charge in [-0.05, 0) is 46.3 Å². The van der Waals surface area contributed by atoms with Crippen LogP contribution in [0.2, 0.25) is 19.1 Å². The zero-order valence-electron chi connectivity index (χ0n) is 14.0. The molecule has 112 valence electrons. The van der Waals surface area contributed by atoms with Crippen LogP contribution < -0.4 is 9.75 Å².